The van der Waals surface area contributed by atoms with Crippen LogP contribution in [-0.4, -0.2) is 10.7 Å². The van der Waals surface area contributed by atoms with Gasteiger partial charge in [-0.15, -0.1) is 16.9 Å². The first-order valence-corrected chi connectivity index (χ1v) is 8.07. The molecule has 0 unspecified atom stereocenters. The van der Waals surface area contributed by atoms with Gasteiger partial charge in [0.15, 0.2) is 0 Å². The lowest BCUT2D eigenvalue weighted by Gasteiger charge is -2.09. The Bertz CT molecular complexity index is 743. The quantitative estimate of drug-likeness (QED) is 0.560. The molecule has 2 aromatic rings. The molecular weight excluding hydrogens is 292 g/mol. The van der Waals surface area contributed by atoms with Crippen LogP contribution in [0.2, 0.25) is 0 Å². The molecule has 1 aromatic heterocycles. The lowest BCUT2D eigenvalue weighted by atomic mass is 10.1. The zero-order valence-corrected chi connectivity index (χ0v) is 14.0. The first kappa shape index (κ1) is 16.2. The number of aromatic nitrogens is 1. The first-order chi connectivity index (χ1) is 10.6. The van der Waals surface area contributed by atoms with E-state index in [9.17, 15) is 5.26 Å². The fourth-order valence-corrected chi connectivity index (χ4v) is 2.87. The van der Waals surface area contributed by atoms with E-state index in [2.05, 4.69) is 21.3 Å². The summed E-state index contributed by atoms with van der Waals surface area (Å²) < 4.78 is 0. The highest BCUT2D eigenvalue weighted by molar-refractivity contribution is 7.99. The maximum Gasteiger partial charge on any atom is 0.115 e. The predicted octanol–water partition coefficient (Wildman–Crippen LogP) is 5.41. The van der Waals surface area contributed by atoms with Crippen LogP contribution in [0, 0.1) is 32.1 Å². The molecule has 0 spiro atoms. The van der Waals surface area contributed by atoms with E-state index in [4.69, 9.17) is 0 Å². The van der Waals surface area contributed by atoms with Gasteiger partial charge < -0.3 is 0 Å². The molecule has 0 aliphatic heterocycles. The Hall–Kier alpha value is -2.19. The third-order valence-electron chi connectivity index (χ3n) is 3.25. The predicted molar refractivity (Wildman–Crippen MR) is 90.2 cm³/mol. The maximum atomic E-state index is 9.38. The van der Waals surface area contributed by atoms with Crippen molar-refractivity contribution in [1.82, 2.24) is 4.98 Å². The highest BCUT2D eigenvalue weighted by Crippen LogP contribution is 2.32. The number of azo groups is 1. The summed E-state index contributed by atoms with van der Waals surface area (Å²) in [5, 5.41) is 18.7. The van der Waals surface area contributed by atoms with Gasteiger partial charge in [-0.3, -0.25) is 0 Å². The Balaban J connectivity index is 2.43. The number of thioether (sulfide) groups is 1. The summed E-state index contributed by atoms with van der Waals surface area (Å²) in [6, 6.07) is 10.1. The van der Waals surface area contributed by atoms with Crippen LogP contribution in [0.1, 0.15) is 29.3 Å². The molecule has 1 heterocycles. The number of nitriles is 1. The highest BCUT2D eigenvalue weighted by atomic mass is 32.2. The molecule has 112 valence electrons. The standard InChI is InChI=1S/C17H18N4S/c1-5-22-17-15(10-18)12(3)16(13(4)19-17)21-20-14-8-6-11(2)7-9-14/h6-9H,5H2,1-4H3. The van der Waals surface area contributed by atoms with Crippen LogP contribution in [0.3, 0.4) is 0 Å². The smallest absolute Gasteiger partial charge is 0.115 e. The number of nitrogens with zero attached hydrogens (tertiary/aromatic N) is 4. The highest BCUT2D eigenvalue weighted by Gasteiger charge is 2.14. The van der Waals surface area contributed by atoms with Gasteiger partial charge in [0.25, 0.3) is 0 Å². The van der Waals surface area contributed by atoms with Crippen molar-refractivity contribution in [3.05, 3.63) is 46.6 Å². The third kappa shape index (κ3) is 3.52. The van der Waals surface area contributed by atoms with Crippen molar-refractivity contribution in [2.24, 2.45) is 10.2 Å². The van der Waals surface area contributed by atoms with Crippen LogP contribution in [0.15, 0.2) is 39.5 Å². The number of benzene rings is 1. The Morgan fingerprint density at radius 1 is 1.14 bits per heavy atom. The number of pyridine rings is 1. The lowest BCUT2D eigenvalue weighted by molar-refractivity contribution is 1.01. The van der Waals surface area contributed by atoms with Gasteiger partial charge in [-0.1, -0.05) is 24.6 Å². The van der Waals surface area contributed by atoms with E-state index in [1.54, 1.807) is 11.8 Å². The van der Waals surface area contributed by atoms with Crippen molar-refractivity contribution in [3.63, 3.8) is 0 Å². The van der Waals surface area contributed by atoms with Crippen LogP contribution in [-0.2, 0) is 0 Å². The van der Waals surface area contributed by atoms with Crippen molar-refractivity contribution in [3.8, 4) is 6.07 Å². The van der Waals surface area contributed by atoms with Gasteiger partial charge in [-0.2, -0.15) is 10.4 Å². The minimum absolute atomic E-state index is 0.593. The van der Waals surface area contributed by atoms with Gasteiger partial charge in [0, 0.05) is 0 Å². The third-order valence-corrected chi connectivity index (χ3v) is 4.11. The molecule has 4 nitrogen and oxygen atoms in total. The molecule has 1 aromatic carbocycles. The fraction of sp³-hybridized carbons (Fsp3) is 0.294. The summed E-state index contributed by atoms with van der Waals surface area (Å²) >= 11 is 1.57. The molecule has 0 saturated heterocycles. The van der Waals surface area contributed by atoms with E-state index in [1.807, 2.05) is 52.0 Å². The molecule has 0 radical (unpaired) electrons. The second kappa shape index (κ2) is 7.19. The summed E-state index contributed by atoms with van der Waals surface area (Å²) in [6.07, 6.45) is 0. The zero-order chi connectivity index (χ0) is 16.1. The maximum absolute atomic E-state index is 9.38. The first-order valence-electron chi connectivity index (χ1n) is 7.09. The van der Waals surface area contributed by atoms with Crippen LogP contribution in [0.4, 0.5) is 11.4 Å². The van der Waals surface area contributed by atoms with E-state index < -0.39 is 0 Å². The molecular formula is C17H18N4S. The minimum atomic E-state index is 0.593. The zero-order valence-electron chi connectivity index (χ0n) is 13.2. The molecule has 22 heavy (non-hydrogen) atoms. The second-order valence-electron chi connectivity index (χ2n) is 4.93. The molecule has 0 bridgehead atoms. The summed E-state index contributed by atoms with van der Waals surface area (Å²) in [5.74, 6) is 0.880. The van der Waals surface area contributed by atoms with E-state index in [0.717, 1.165) is 27.7 Å². The molecule has 2 rings (SSSR count). The van der Waals surface area contributed by atoms with Gasteiger partial charge >= 0.3 is 0 Å². The van der Waals surface area contributed by atoms with Crippen molar-refractivity contribution < 1.29 is 0 Å². The van der Waals surface area contributed by atoms with E-state index in [0.29, 0.717) is 11.3 Å². The molecule has 0 aliphatic carbocycles. The minimum Gasteiger partial charge on any atom is -0.243 e. The molecule has 0 fully saturated rings. The Labute approximate surface area is 135 Å². The van der Waals surface area contributed by atoms with Gasteiger partial charge in [-0.25, -0.2) is 4.98 Å². The normalized spacial score (nSPS) is 10.9. The van der Waals surface area contributed by atoms with Crippen LogP contribution in [0.5, 0.6) is 0 Å². The van der Waals surface area contributed by atoms with E-state index in [-0.39, 0.29) is 0 Å². The second-order valence-corrected chi connectivity index (χ2v) is 6.18. The summed E-state index contributed by atoms with van der Waals surface area (Å²) in [5.41, 5.74) is 4.87. The van der Waals surface area contributed by atoms with E-state index in [1.165, 1.54) is 5.56 Å². The van der Waals surface area contributed by atoms with Crippen LogP contribution >= 0.6 is 11.8 Å². The van der Waals surface area contributed by atoms with Crippen molar-refractivity contribution in [1.29, 1.82) is 5.26 Å². The molecule has 0 aliphatic rings. The van der Waals surface area contributed by atoms with Crippen LogP contribution in [0.25, 0.3) is 0 Å². The van der Waals surface area contributed by atoms with Crippen molar-refractivity contribution in [2.45, 2.75) is 32.7 Å². The number of hydrogen-bond acceptors (Lipinski definition) is 5. The monoisotopic (exact) mass is 310 g/mol. The summed E-state index contributed by atoms with van der Waals surface area (Å²) in [7, 11) is 0. The Kier molecular flexibility index (Phi) is 5.29. The van der Waals surface area contributed by atoms with Gasteiger partial charge in [0.2, 0.25) is 0 Å². The van der Waals surface area contributed by atoms with Gasteiger partial charge in [0.1, 0.15) is 16.8 Å². The molecule has 5 heteroatoms. The van der Waals surface area contributed by atoms with Crippen molar-refractivity contribution in [2.75, 3.05) is 5.75 Å². The lowest BCUT2D eigenvalue weighted by Crippen LogP contribution is -1.96. The topological polar surface area (TPSA) is 61.4 Å². The Morgan fingerprint density at radius 3 is 2.41 bits per heavy atom. The fourth-order valence-electron chi connectivity index (χ4n) is 2.05. The number of aryl methyl sites for hydroxylation is 2. The molecule has 0 N–H and O–H groups in total. The SMILES string of the molecule is CCSc1nc(C)c(N=Nc2ccc(C)cc2)c(C)c1C#N. The largest absolute Gasteiger partial charge is 0.243 e. The molecule has 0 atom stereocenters. The van der Waals surface area contributed by atoms with E-state index >= 15 is 0 Å². The average molecular weight is 310 g/mol. The molecule has 0 amide bonds. The van der Waals surface area contributed by atoms with Crippen molar-refractivity contribution >= 4 is 23.1 Å². The molecule has 0 saturated carbocycles. The Morgan fingerprint density at radius 2 is 1.82 bits per heavy atom. The summed E-state index contributed by atoms with van der Waals surface area (Å²) in [6.45, 7) is 7.87. The van der Waals surface area contributed by atoms with Gasteiger partial charge in [0.05, 0.1) is 16.9 Å². The van der Waals surface area contributed by atoms with Gasteiger partial charge in [-0.05, 0) is 44.2 Å². The number of rotatable bonds is 4. The number of hydrogen-bond donors (Lipinski definition) is 0. The average Bonchev–Trinajstić information content (AvgIpc) is 2.49. The van der Waals surface area contributed by atoms with Crippen LogP contribution < -0.4 is 0 Å². The summed E-state index contributed by atoms with van der Waals surface area (Å²) in [4.78, 5) is 4.51.